The molecule has 0 aliphatic heterocycles. The second-order valence-electron chi connectivity index (χ2n) is 5.74. The van der Waals surface area contributed by atoms with Gasteiger partial charge in [-0.15, -0.1) is 11.3 Å². The summed E-state index contributed by atoms with van der Waals surface area (Å²) in [6.45, 7) is 2.98. The molecule has 2 aromatic heterocycles. The third kappa shape index (κ3) is 3.47. The van der Waals surface area contributed by atoms with Crippen molar-refractivity contribution in [2.24, 2.45) is 0 Å². The molecule has 8 heteroatoms. The van der Waals surface area contributed by atoms with Crippen LogP contribution in [0.25, 0.3) is 21.5 Å². The van der Waals surface area contributed by atoms with Gasteiger partial charge in [-0.3, -0.25) is 4.79 Å². The number of aromatic nitrogens is 1. The van der Waals surface area contributed by atoms with Crippen molar-refractivity contribution in [3.8, 4) is 16.3 Å². The Morgan fingerprint density at radius 2 is 2.15 bits per heavy atom. The van der Waals surface area contributed by atoms with Crippen LogP contribution in [-0.4, -0.2) is 27.8 Å². The van der Waals surface area contributed by atoms with Crippen LogP contribution in [0.15, 0.2) is 26.7 Å². The lowest BCUT2D eigenvalue weighted by atomic mass is 10.1. The van der Waals surface area contributed by atoms with Crippen LogP contribution < -0.4 is 5.43 Å². The summed E-state index contributed by atoms with van der Waals surface area (Å²) in [5.41, 5.74) is 1.59. The zero-order valence-electron chi connectivity index (χ0n) is 14.2. The van der Waals surface area contributed by atoms with Gasteiger partial charge in [0.2, 0.25) is 5.43 Å². The highest BCUT2D eigenvalue weighted by atomic mass is 32.1. The Kier molecular flexibility index (Phi) is 5.06. The number of carbonyl (C=O) groups is 1. The number of rotatable bonds is 6. The number of hydrogen-bond donors (Lipinski definition) is 2. The van der Waals surface area contributed by atoms with Gasteiger partial charge < -0.3 is 19.4 Å². The van der Waals surface area contributed by atoms with Crippen LogP contribution in [0, 0.1) is 6.92 Å². The van der Waals surface area contributed by atoms with E-state index in [0.29, 0.717) is 22.4 Å². The average molecular weight is 375 g/mol. The van der Waals surface area contributed by atoms with E-state index in [2.05, 4.69) is 4.98 Å². The molecule has 0 aliphatic carbocycles. The highest BCUT2D eigenvalue weighted by Gasteiger charge is 2.20. The third-order valence-electron chi connectivity index (χ3n) is 3.84. The Morgan fingerprint density at radius 1 is 1.38 bits per heavy atom. The topological polar surface area (TPSA) is 110 Å². The van der Waals surface area contributed by atoms with Gasteiger partial charge in [0.05, 0.1) is 10.9 Å². The normalized spacial score (nSPS) is 11.2. The van der Waals surface area contributed by atoms with Crippen molar-refractivity contribution in [2.75, 3.05) is 6.61 Å². The molecule has 136 valence electrons. The van der Waals surface area contributed by atoms with Crippen molar-refractivity contribution in [2.45, 2.75) is 26.9 Å². The van der Waals surface area contributed by atoms with Crippen molar-refractivity contribution in [3.05, 3.63) is 44.8 Å². The van der Waals surface area contributed by atoms with Crippen LogP contribution in [0.2, 0.25) is 0 Å². The molecule has 3 aromatic rings. The largest absolute Gasteiger partial charge is 0.508 e. The van der Waals surface area contributed by atoms with Crippen molar-refractivity contribution >= 4 is 28.3 Å². The molecule has 1 aromatic carbocycles. The summed E-state index contributed by atoms with van der Waals surface area (Å²) in [5.74, 6) is -0.898. The Hall–Kier alpha value is -2.71. The molecule has 0 atom stereocenters. The van der Waals surface area contributed by atoms with Crippen molar-refractivity contribution in [3.63, 3.8) is 0 Å². The van der Waals surface area contributed by atoms with E-state index in [1.165, 1.54) is 17.4 Å². The van der Waals surface area contributed by atoms with Gasteiger partial charge in [-0.25, -0.2) is 9.78 Å². The van der Waals surface area contributed by atoms with Crippen molar-refractivity contribution in [1.82, 2.24) is 4.98 Å². The number of thiazole rings is 1. The molecule has 2 heterocycles. The van der Waals surface area contributed by atoms with Gasteiger partial charge in [0.25, 0.3) is 0 Å². The molecule has 0 saturated carbocycles. The van der Waals surface area contributed by atoms with Gasteiger partial charge in [-0.05, 0) is 25.0 Å². The molecule has 7 nitrogen and oxygen atoms in total. The zero-order chi connectivity index (χ0) is 18.8. The van der Waals surface area contributed by atoms with Crippen LogP contribution in [0.5, 0.6) is 5.75 Å². The van der Waals surface area contributed by atoms with Crippen molar-refractivity contribution in [1.29, 1.82) is 0 Å². The number of nitrogens with zero attached hydrogens (tertiary/aromatic N) is 1. The first-order chi connectivity index (χ1) is 12.4. The van der Waals surface area contributed by atoms with Crippen LogP contribution in [0.4, 0.5) is 0 Å². The molecule has 0 unspecified atom stereocenters. The number of benzene rings is 1. The molecule has 26 heavy (non-hydrogen) atoms. The number of aryl methyl sites for hydroxylation is 2. The predicted octanol–water partition coefficient (Wildman–Crippen LogP) is 3.09. The minimum absolute atomic E-state index is 0.0402. The molecule has 2 N–H and O–H groups in total. The van der Waals surface area contributed by atoms with Gasteiger partial charge in [0, 0.05) is 17.1 Å². The second-order valence-corrected chi connectivity index (χ2v) is 6.60. The lowest BCUT2D eigenvalue weighted by Crippen LogP contribution is -2.12. The number of fused-ring (bicyclic) bond motifs is 1. The maximum absolute atomic E-state index is 13.1. The summed E-state index contributed by atoms with van der Waals surface area (Å²) in [7, 11) is 0. The van der Waals surface area contributed by atoms with E-state index in [4.69, 9.17) is 14.3 Å². The zero-order valence-corrected chi connectivity index (χ0v) is 15.1. The van der Waals surface area contributed by atoms with Crippen LogP contribution >= 0.6 is 11.3 Å². The quantitative estimate of drug-likeness (QED) is 0.681. The summed E-state index contributed by atoms with van der Waals surface area (Å²) in [6.07, 6.45) is 0.566. The van der Waals surface area contributed by atoms with Gasteiger partial charge in [-0.1, -0.05) is 6.92 Å². The Bertz CT molecular complexity index is 1040. The SMILES string of the molecule is CCc1cc2c(=O)c(-c3nc(C)cs3)c(COCC(=O)O)oc2cc1O. The Balaban J connectivity index is 2.21. The van der Waals surface area contributed by atoms with Gasteiger partial charge in [0.1, 0.15) is 35.3 Å². The Labute approximate surface area is 152 Å². The highest BCUT2D eigenvalue weighted by molar-refractivity contribution is 7.13. The molecule has 0 amide bonds. The number of hydrogen-bond acceptors (Lipinski definition) is 7. The fourth-order valence-corrected chi connectivity index (χ4v) is 3.48. The van der Waals surface area contributed by atoms with Crippen molar-refractivity contribution < 1.29 is 24.2 Å². The molecular weight excluding hydrogens is 358 g/mol. The third-order valence-corrected chi connectivity index (χ3v) is 4.81. The first kappa shape index (κ1) is 18.1. The fourth-order valence-electron chi connectivity index (χ4n) is 2.62. The van der Waals surface area contributed by atoms with E-state index in [-0.39, 0.29) is 34.7 Å². The molecule has 0 spiro atoms. The lowest BCUT2D eigenvalue weighted by Gasteiger charge is -2.10. The number of aromatic hydroxyl groups is 1. The van der Waals surface area contributed by atoms with Crippen LogP contribution in [0.3, 0.4) is 0 Å². The second kappa shape index (κ2) is 7.27. The van der Waals surface area contributed by atoms with E-state index >= 15 is 0 Å². The summed E-state index contributed by atoms with van der Waals surface area (Å²) in [4.78, 5) is 28.1. The van der Waals surface area contributed by atoms with E-state index < -0.39 is 12.6 Å². The molecular formula is C18H17NO6S. The summed E-state index contributed by atoms with van der Waals surface area (Å²) >= 11 is 1.30. The van der Waals surface area contributed by atoms with E-state index in [0.717, 1.165) is 5.69 Å². The Morgan fingerprint density at radius 3 is 2.77 bits per heavy atom. The lowest BCUT2D eigenvalue weighted by molar-refractivity contribution is -0.142. The number of phenolic OH excluding ortho intramolecular Hbond substituents is 1. The van der Waals surface area contributed by atoms with E-state index in [9.17, 15) is 14.7 Å². The maximum Gasteiger partial charge on any atom is 0.329 e. The summed E-state index contributed by atoms with van der Waals surface area (Å²) < 4.78 is 10.9. The molecule has 0 aliphatic rings. The highest BCUT2D eigenvalue weighted by Crippen LogP contribution is 2.30. The van der Waals surface area contributed by atoms with E-state index in [1.54, 1.807) is 6.07 Å². The summed E-state index contributed by atoms with van der Waals surface area (Å²) in [6, 6.07) is 3.01. The minimum Gasteiger partial charge on any atom is -0.508 e. The first-order valence-corrected chi connectivity index (χ1v) is 8.82. The fraction of sp³-hybridized carbons (Fsp3) is 0.278. The number of carboxylic acids is 1. The van der Waals surface area contributed by atoms with Crippen LogP contribution in [0.1, 0.15) is 23.9 Å². The molecule has 0 fully saturated rings. The molecule has 3 rings (SSSR count). The predicted molar refractivity (Wildman–Crippen MR) is 96.7 cm³/mol. The smallest absolute Gasteiger partial charge is 0.329 e. The maximum atomic E-state index is 13.1. The molecule has 0 bridgehead atoms. The average Bonchev–Trinajstić information content (AvgIpc) is 3.00. The monoisotopic (exact) mass is 375 g/mol. The molecule has 0 radical (unpaired) electrons. The van der Waals surface area contributed by atoms with E-state index in [1.807, 2.05) is 19.2 Å². The van der Waals surface area contributed by atoms with Gasteiger partial charge >= 0.3 is 5.97 Å². The van der Waals surface area contributed by atoms with Crippen LogP contribution in [-0.2, 0) is 22.6 Å². The minimum atomic E-state index is -1.12. The number of ether oxygens (including phenoxy) is 1. The summed E-state index contributed by atoms with van der Waals surface area (Å²) in [5, 5.41) is 21.4. The molecule has 0 saturated heterocycles. The first-order valence-electron chi connectivity index (χ1n) is 7.94. The standard InChI is InChI=1S/C18H17NO6S/c1-3-10-4-11-13(5-12(10)20)25-14(6-24-7-15(21)22)16(17(11)23)18-19-9(2)8-26-18/h4-5,8,20H,3,6-7H2,1-2H3,(H,21,22). The van der Waals surface area contributed by atoms with Gasteiger partial charge in [-0.2, -0.15) is 0 Å². The number of phenols is 1. The number of carboxylic acid groups (broad SMARTS) is 1. The number of aliphatic carboxylic acids is 1. The van der Waals surface area contributed by atoms with Gasteiger partial charge in [0.15, 0.2) is 0 Å².